The van der Waals surface area contributed by atoms with E-state index in [9.17, 15) is 14.4 Å². The van der Waals surface area contributed by atoms with Gasteiger partial charge in [-0.1, -0.05) is 64.4 Å². The normalized spacial score (nSPS) is 15.1. The van der Waals surface area contributed by atoms with Crippen molar-refractivity contribution in [2.45, 2.75) is 65.1 Å². The third-order valence-corrected chi connectivity index (χ3v) is 5.44. The topological polar surface area (TPSA) is 102 Å². The highest BCUT2D eigenvalue weighted by molar-refractivity contribution is 5.92. The standard InChI is InChI=1S/C23H37N3O4/c1-7-16(4)20(24)21(27)25-18(13-15(2)3)22(28)26(5)19(23(29)30-6)14-17-11-9-8-10-12-17/h8-12,15-16,18-20H,7,13-14,24H2,1-6H3,(H,25,27)/t16-,18-,19+,20-/m0/s1. The van der Waals surface area contributed by atoms with Gasteiger partial charge in [0, 0.05) is 13.5 Å². The molecule has 3 N–H and O–H groups in total. The molecule has 0 saturated heterocycles. The number of benzene rings is 1. The van der Waals surface area contributed by atoms with Gasteiger partial charge in [0.1, 0.15) is 12.1 Å². The number of nitrogens with one attached hydrogen (secondary N) is 1. The second kappa shape index (κ2) is 12.3. The number of hydrogen-bond acceptors (Lipinski definition) is 5. The van der Waals surface area contributed by atoms with Gasteiger partial charge in [0.15, 0.2) is 0 Å². The van der Waals surface area contributed by atoms with Gasteiger partial charge in [-0.15, -0.1) is 0 Å². The number of rotatable bonds is 11. The minimum absolute atomic E-state index is 0.00145. The molecule has 1 rings (SSSR count). The number of amides is 2. The SMILES string of the molecule is CC[C@H](C)[C@H](N)C(=O)N[C@@H](CC(C)C)C(=O)N(C)[C@H](Cc1ccccc1)C(=O)OC. The summed E-state index contributed by atoms with van der Waals surface area (Å²) in [6.45, 7) is 7.82. The van der Waals surface area contributed by atoms with Gasteiger partial charge in [0.05, 0.1) is 13.2 Å². The van der Waals surface area contributed by atoms with Crippen LogP contribution in [0, 0.1) is 11.8 Å². The minimum Gasteiger partial charge on any atom is -0.467 e. The number of hydrogen-bond donors (Lipinski definition) is 2. The van der Waals surface area contributed by atoms with Crippen LogP contribution in [0.15, 0.2) is 30.3 Å². The summed E-state index contributed by atoms with van der Waals surface area (Å²) in [4.78, 5) is 39.7. The van der Waals surface area contributed by atoms with Gasteiger partial charge in [-0.3, -0.25) is 9.59 Å². The Morgan fingerprint density at radius 2 is 1.73 bits per heavy atom. The van der Waals surface area contributed by atoms with Crippen molar-refractivity contribution >= 4 is 17.8 Å². The molecule has 0 unspecified atom stereocenters. The van der Waals surface area contributed by atoms with Crippen LogP contribution in [0.2, 0.25) is 0 Å². The Kier molecular flexibility index (Phi) is 10.5. The second-order valence-corrected chi connectivity index (χ2v) is 8.28. The molecule has 0 aromatic heterocycles. The molecule has 30 heavy (non-hydrogen) atoms. The molecule has 0 spiro atoms. The number of carbonyl (C=O) groups is 3. The highest BCUT2D eigenvalue weighted by Crippen LogP contribution is 2.15. The zero-order valence-corrected chi connectivity index (χ0v) is 19.1. The Hall–Kier alpha value is -2.41. The molecule has 0 aliphatic heterocycles. The summed E-state index contributed by atoms with van der Waals surface area (Å²) < 4.78 is 4.94. The molecule has 0 bridgehead atoms. The van der Waals surface area contributed by atoms with Crippen LogP contribution in [0.4, 0.5) is 0 Å². The molecule has 0 saturated carbocycles. The molecule has 1 aromatic rings. The van der Waals surface area contributed by atoms with Crippen LogP contribution < -0.4 is 11.1 Å². The summed E-state index contributed by atoms with van der Waals surface area (Å²) in [6, 6.07) is 7.19. The predicted molar refractivity (Wildman–Crippen MR) is 118 cm³/mol. The second-order valence-electron chi connectivity index (χ2n) is 8.28. The summed E-state index contributed by atoms with van der Waals surface area (Å²) in [5, 5.41) is 2.81. The number of ether oxygens (including phenoxy) is 1. The quantitative estimate of drug-likeness (QED) is 0.535. The highest BCUT2D eigenvalue weighted by atomic mass is 16.5. The number of likely N-dealkylation sites (N-methyl/N-ethyl adjacent to an activating group) is 1. The summed E-state index contributed by atoms with van der Waals surface area (Å²) in [5.41, 5.74) is 6.96. The predicted octanol–water partition coefficient (Wildman–Crippen LogP) is 2.13. The van der Waals surface area contributed by atoms with Crippen LogP contribution in [0.25, 0.3) is 0 Å². The van der Waals surface area contributed by atoms with E-state index in [-0.39, 0.29) is 23.7 Å². The zero-order valence-electron chi connectivity index (χ0n) is 19.1. The average molecular weight is 420 g/mol. The van der Waals surface area contributed by atoms with Crippen molar-refractivity contribution in [3.8, 4) is 0 Å². The molecule has 0 heterocycles. The van der Waals surface area contributed by atoms with Crippen LogP contribution in [-0.4, -0.2) is 55.0 Å². The first-order valence-electron chi connectivity index (χ1n) is 10.6. The maximum Gasteiger partial charge on any atom is 0.328 e. The molecular weight excluding hydrogens is 382 g/mol. The van der Waals surface area contributed by atoms with Gasteiger partial charge >= 0.3 is 5.97 Å². The number of nitrogens with two attached hydrogens (primary N) is 1. The molecular formula is C23H37N3O4. The smallest absolute Gasteiger partial charge is 0.328 e. The molecule has 0 aliphatic carbocycles. The summed E-state index contributed by atoms with van der Waals surface area (Å²) in [6.07, 6.45) is 1.53. The van der Waals surface area contributed by atoms with Crippen molar-refractivity contribution in [3.63, 3.8) is 0 Å². The Morgan fingerprint density at radius 1 is 1.13 bits per heavy atom. The Balaban J connectivity index is 3.05. The number of carbonyl (C=O) groups excluding carboxylic acids is 3. The van der Waals surface area contributed by atoms with E-state index in [0.29, 0.717) is 12.8 Å². The van der Waals surface area contributed by atoms with Crippen LogP contribution in [0.3, 0.4) is 0 Å². The van der Waals surface area contributed by atoms with Crippen molar-refractivity contribution < 1.29 is 19.1 Å². The minimum atomic E-state index is -0.792. The van der Waals surface area contributed by atoms with E-state index in [0.717, 1.165) is 12.0 Å². The maximum atomic E-state index is 13.3. The lowest BCUT2D eigenvalue weighted by molar-refractivity contribution is -0.152. The van der Waals surface area contributed by atoms with Crippen LogP contribution >= 0.6 is 0 Å². The third kappa shape index (κ3) is 7.44. The molecule has 0 radical (unpaired) electrons. The Labute approximate surface area is 180 Å². The van der Waals surface area contributed by atoms with E-state index < -0.39 is 24.1 Å². The average Bonchev–Trinajstić information content (AvgIpc) is 2.74. The van der Waals surface area contributed by atoms with Gasteiger partial charge in [-0.2, -0.15) is 0 Å². The molecule has 0 fully saturated rings. The van der Waals surface area contributed by atoms with Gasteiger partial charge in [-0.05, 0) is 23.8 Å². The lowest BCUT2D eigenvalue weighted by Crippen LogP contribution is -2.56. The van der Waals surface area contributed by atoms with E-state index in [2.05, 4.69) is 5.32 Å². The molecule has 7 nitrogen and oxygen atoms in total. The summed E-state index contributed by atoms with van der Waals surface area (Å²) in [7, 11) is 2.87. The summed E-state index contributed by atoms with van der Waals surface area (Å²) in [5.74, 6) is -1.02. The Morgan fingerprint density at radius 3 is 2.23 bits per heavy atom. The monoisotopic (exact) mass is 419 g/mol. The lowest BCUT2D eigenvalue weighted by atomic mass is 9.97. The zero-order chi connectivity index (χ0) is 22.8. The van der Waals surface area contributed by atoms with E-state index >= 15 is 0 Å². The first-order chi connectivity index (χ1) is 14.1. The summed E-state index contributed by atoms with van der Waals surface area (Å²) >= 11 is 0. The van der Waals surface area contributed by atoms with Crippen molar-refractivity contribution in [1.82, 2.24) is 10.2 Å². The van der Waals surface area contributed by atoms with Gasteiger partial charge in [-0.25, -0.2) is 4.79 Å². The first-order valence-corrected chi connectivity index (χ1v) is 10.6. The first kappa shape index (κ1) is 25.6. The van der Waals surface area contributed by atoms with Gasteiger partial charge < -0.3 is 20.7 Å². The fraction of sp³-hybridized carbons (Fsp3) is 0.609. The van der Waals surface area contributed by atoms with Gasteiger partial charge in [0.2, 0.25) is 11.8 Å². The molecule has 2 amide bonds. The van der Waals surface area contributed by atoms with E-state index in [1.807, 2.05) is 58.0 Å². The largest absolute Gasteiger partial charge is 0.467 e. The van der Waals surface area contributed by atoms with Crippen molar-refractivity contribution in [2.24, 2.45) is 17.6 Å². The van der Waals surface area contributed by atoms with Crippen LogP contribution in [0.5, 0.6) is 0 Å². The lowest BCUT2D eigenvalue weighted by Gasteiger charge is -2.31. The van der Waals surface area contributed by atoms with Crippen molar-refractivity contribution in [1.29, 1.82) is 0 Å². The molecule has 0 aliphatic rings. The van der Waals surface area contributed by atoms with E-state index in [4.69, 9.17) is 10.5 Å². The van der Waals surface area contributed by atoms with Gasteiger partial charge in [0.25, 0.3) is 0 Å². The third-order valence-electron chi connectivity index (χ3n) is 5.44. The van der Waals surface area contributed by atoms with Crippen molar-refractivity contribution in [3.05, 3.63) is 35.9 Å². The number of nitrogens with zero attached hydrogens (tertiary/aromatic N) is 1. The highest BCUT2D eigenvalue weighted by Gasteiger charge is 2.34. The molecule has 7 heteroatoms. The van der Waals surface area contributed by atoms with E-state index in [1.54, 1.807) is 7.05 Å². The molecule has 4 atom stereocenters. The van der Waals surface area contributed by atoms with Crippen molar-refractivity contribution in [2.75, 3.05) is 14.2 Å². The fourth-order valence-electron chi connectivity index (χ4n) is 3.22. The van der Waals surface area contributed by atoms with E-state index in [1.165, 1.54) is 12.0 Å². The number of methoxy groups -OCH3 is 1. The van der Waals surface area contributed by atoms with Crippen LogP contribution in [-0.2, 0) is 25.5 Å². The van der Waals surface area contributed by atoms with Crippen LogP contribution in [0.1, 0.15) is 46.1 Å². The Bertz CT molecular complexity index is 693. The number of esters is 1. The fourth-order valence-corrected chi connectivity index (χ4v) is 3.22. The molecule has 1 aromatic carbocycles. The maximum absolute atomic E-state index is 13.3. The molecule has 168 valence electrons.